The number of hydrogen-bond acceptors (Lipinski definition) is 6. The van der Waals surface area contributed by atoms with Crippen LogP contribution < -0.4 is 5.32 Å². The SMILES string of the molecule is CCOC(=O)c1nc(NC2CCN(C(=O)OC(C)(C)C)CC2)ccc1Br. The minimum absolute atomic E-state index is 0.178. The van der Waals surface area contributed by atoms with Crippen molar-refractivity contribution in [2.45, 2.75) is 52.2 Å². The molecule has 1 N–H and O–H groups in total. The van der Waals surface area contributed by atoms with E-state index < -0.39 is 11.6 Å². The molecule has 1 aromatic heterocycles. The Kier molecular flexibility index (Phi) is 6.86. The summed E-state index contributed by atoms with van der Waals surface area (Å²) >= 11 is 3.32. The van der Waals surface area contributed by atoms with Crippen molar-refractivity contribution in [2.24, 2.45) is 0 Å². The van der Waals surface area contributed by atoms with E-state index in [1.807, 2.05) is 26.8 Å². The van der Waals surface area contributed by atoms with Gasteiger partial charge in [0, 0.05) is 19.1 Å². The molecule has 0 radical (unpaired) electrons. The summed E-state index contributed by atoms with van der Waals surface area (Å²) in [6.07, 6.45) is 1.29. The second-order valence-corrected chi connectivity index (χ2v) is 7.99. The van der Waals surface area contributed by atoms with Crippen molar-refractivity contribution in [3.63, 3.8) is 0 Å². The van der Waals surface area contributed by atoms with Crippen LogP contribution in [-0.2, 0) is 9.47 Å². The lowest BCUT2D eigenvalue weighted by molar-refractivity contribution is 0.0210. The van der Waals surface area contributed by atoms with Crippen molar-refractivity contribution in [2.75, 3.05) is 25.0 Å². The van der Waals surface area contributed by atoms with Crippen LogP contribution in [0.1, 0.15) is 51.0 Å². The zero-order valence-electron chi connectivity index (χ0n) is 15.7. The van der Waals surface area contributed by atoms with Gasteiger partial charge in [-0.05, 0) is 68.6 Å². The van der Waals surface area contributed by atoms with Gasteiger partial charge >= 0.3 is 12.1 Å². The standard InChI is InChI=1S/C18H26BrN3O4/c1-5-25-16(23)15-13(19)6-7-14(21-15)20-12-8-10-22(11-9-12)17(24)26-18(2,3)4/h6-7,12H,5,8-11H2,1-4H3,(H,20,21). The second kappa shape index (κ2) is 8.70. The van der Waals surface area contributed by atoms with E-state index >= 15 is 0 Å². The molecule has 0 bridgehead atoms. The van der Waals surface area contributed by atoms with Gasteiger partial charge in [0.1, 0.15) is 11.4 Å². The van der Waals surface area contributed by atoms with Gasteiger partial charge in [0.2, 0.25) is 0 Å². The number of esters is 1. The monoisotopic (exact) mass is 427 g/mol. The molecule has 0 aliphatic carbocycles. The Morgan fingerprint density at radius 1 is 1.31 bits per heavy atom. The van der Waals surface area contributed by atoms with Gasteiger partial charge in [-0.2, -0.15) is 0 Å². The number of halogens is 1. The van der Waals surface area contributed by atoms with Crippen LogP contribution in [0.4, 0.5) is 10.6 Å². The first kappa shape index (κ1) is 20.5. The quantitative estimate of drug-likeness (QED) is 0.735. The minimum Gasteiger partial charge on any atom is -0.461 e. The summed E-state index contributed by atoms with van der Waals surface area (Å²) in [6, 6.07) is 3.77. The lowest BCUT2D eigenvalue weighted by Gasteiger charge is -2.33. The molecule has 8 heteroatoms. The molecule has 1 aliphatic rings. The summed E-state index contributed by atoms with van der Waals surface area (Å²) in [7, 11) is 0. The highest BCUT2D eigenvalue weighted by Gasteiger charge is 2.27. The van der Waals surface area contributed by atoms with E-state index in [4.69, 9.17) is 9.47 Å². The number of ether oxygens (including phenoxy) is 2. The third-order valence-corrected chi connectivity index (χ3v) is 4.45. The first-order valence-electron chi connectivity index (χ1n) is 8.77. The molecule has 0 atom stereocenters. The molecule has 0 saturated carbocycles. The van der Waals surface area contributed by atoms with E-state index in [1.54, 1.807) is 17.9 Å². The highest BCUT2D eigenvalue weighted by Crippen LogP contribution is 2.21. The van der Waals surface area contributed by atoms with Gasteiger partial charge < -0.3 is 19.7 Å². The number of piperidine rings is 1. The maximum atomic E-state index is 12.1. The van der Waals surface area contributed by atoms with Crippen LogP contribution >= 0.6 is 15.9 Å². The van der Waals surface area contributed by atoms with E-state index in [0.717, 1.165) is 12.8 Å². The van der Waals surface area contributed by atoms with Crippen molar-refractivity contribution >= 4 is 33.8 Å². The highest BCUT2D eigenvalue weighted by molar-refractivity contribution is 9.10. The summed E-state index contributed by atoms with van der Waals surface area (Å²) in [6.45, 7) is 8.88. The first-order valence-corrected chi connectivity index (χ1v) is 9.57. The average molecular weight is 428 g/mol. The predicted octanol–water partition coefficient (Wildman–Crippen LogP) is 3.83. The van der Waals surface area contributed by atoms with Crippen molar-refractivity contribution in [1.82, 2.24) is 9.88 Å². The molecule has 1 fully saturated rings. The second-order valence-electron chi connectivity index (χ2n) is 7.13. The van der Waals surface area contributed by atoms with Crippen molar-refractivity contribution in [3.8, 4) is 0 Å². The fourth-order valence-electron chi connectivity index (χ4n) is 2.61. The van der Waals surface area contributed by atoms with E-state index in [2.05, 4.69) is 26.2 Å². The number of nitrogens with zero attached hydrogens (tertiary/aromatic N) is 2. The van der Waals surface area contributed by atoms with E-state index in [1.165, 1.54) is 0 Å². The molecule has 1 aliphatic heterocycles. The Morgan fingerprint density at radius 3 is 2.54 bits per heavy atom. The number of amides is 1. The Morgan fingerprint density at radius 2 is 1.96 bits per heavy atom. The lowest BCUT2D eigenvalue weighted by atomic mass is 10.1. The van der Waals surface area contributed by atoms with Crippen molar-refractivity contribution in [3.05, 3.63) is 22.3 Å². The number of nitrogens with one attached hydrogen (secondary N) is 1. The number of likely N-dealkylation sites (tertiary alicyclic amines) is 1. The van der Waals surface area contributed by atoms with Gasteiger partial charge in [0.15, 0.2) is 5.69 Å². The largest absolute Gasteiger partial charge is 0.461 e. The molecular formula is C18H26BrN3O4. The lowest BCUT2D eigenvalue weighted by Crippen LogP contribution is -2.44. The summed E-state index contributed by atoms with van der Waals surface area (Å²) in [5.74, 6) is 0.162. The molecule has 26 heavy (non-hydrogen) atoms. The molecule has 7 nitrogen and oxygen atoms in total. The molecule has 1 aromatic rings. The van der Waals surface area contributed by atoms with Gasteiger partial charge in [-0.1, -0.05) is 0 Å². The fourth-order valence-corrected chi connectivity index (χ4v) is 2.99. The van der Waals surface area contributed by atoms with Gasteiger partial charge in [-0.3, -0.25) is 0 Å². The Balaban J connectivity index is 1.92. The third-order valence-electron chi connectivity index (χ3n) is 3.81. The molecule has 0 spiro atoms. The Bertz CT molecular complexity index is 652. The molecule has 2 rings (SSSR count). The zero-order chi connectivity index (χ0) is 19.3. The van der Waals surface area contributed by atoms with Gasteiger partial charge in [-0.25, -0.2) is 14.6 Å². The fraction of sp³-hybridized carbons (Fsp3) is 0.611. The Hall–Kier alpha value is -1.83. The maximum absolute atomic E-state index is 12.1. The highest BCUT2D eigenvalue weighted by atomic mass is 79.9. The molecule has 0 aromatic carbocycles. The van der Waals surface area contributed by atoms with Crippen LogP contribution in [0.15, 0.2) is 16.6 Å². The maximum Gasteiger partial charge on any atom is 0.410 e. The molecule has 144 valence electrons. The molecule has 2 heterocycles. The zero-order valence-corrected chi connectivity index (χ0v) is 17.3. The molecular weight excluding hydrogens is 402 g/mol. The van der Waals surface area contributed by atoms with Crippen LogP contribution in [-0.4, -0.2) is 53.3 Å². The average Bonchev–Trinajstić information content (AvgIpc) is 2.56. The number of carbonyl (C=O) groups excluding carboxylic acids is 2. The van der Waals surface area contributed by atoms with E-state index in [9.17, 15) is 9.59 Å². The number of rotatable bonds is 4. The van der Waals surface area contributed by atoms with Crippen LogP contribution in [0.3, 0.4) is 0 Å². The number of aromatic nitrogens is 1. The molecule has 1 saturated heterocycles. The van der Waals surface area contributed by atoms with E-state index in [-0.39, 0.29) is 17.8 Å². The topological polar surface area (TPSA) is 80.8 Å². The van der Waals surface area contributed by atoms with Gasteiger partial charge in [0.25, 0.3) is 0 Å². The summed E-state index contributed by atoms with van der Waals surface area (Å²) in [4.78, 5) is 30.1. The number of hydrogen-bond donors (Lipinski definition) is 1. The third kappa shape index (κ3) is 5.86. The number of pyridine rings is 1. The van der Waals surface area contributed by atoms with Gasteiger partial charge in [-0.15, -0.1) is 0 Å². The van der Waals surface area contributed by atoms with Crippen LogP contribution in [0.25, 0.3) is 0 Å². The molecule has 1 amide bonds. The summed E-state index contributed by atoms with van der Waals surface area (Å²) in [5.41, 5.74) is -0.236. The predicted molar refractivity (Wildman–Crippen MR) is 102 cm³/mol. The van der Waals surface area contributed by atoms with Crippen LogP contribution in [0.2, 0.25) is 0 Å². The Labute approximate surface area is 162 Å². The van der Waals surface area contributed by atoms with Crippen LogP contribution in [0.5, 0.6) is 0 Å². The van der Waals surface area contributed by atoms with E-state index in [0.29, 0.717) is 30.0 Å². The first-order chi connectivity index (χ1) is 12.2. The van der Waals surface area contributed by atoms with Gasteiger partial charge in [0.05, 0.1) is 11.1 Å². The number of carbonyl (C=O) groups is 2. The summed E-state index contributed by atoms with van der Waals surface area (Å²) in [5, 5.41) is 3.33. The summed E-state index contributed by atoms with van der Waals surface area (Å²) < 4.78 is 11.0. The normalized spacial score (nSPS) is 15.5. The smallest absolute Gasteiger partial charge is 0.410 e. The molecule has 0 unspecified atom stereocenters. The number of anilines is 1. The minimum atomic E-state index is -0.489. The van der Waals surface area contributed by atoms with Crippen LogP contribution in [0, 0.1) is 0 Å². The van der Waals surface area contributed by atoms with Crippen molar-refractivity contribution in [1.29, 1.82) is 0 Å². The van der Waals surface area contributed by atoms with Crippen molar-refractivity contribution < 1.29 is 19.1 Å².